The fourth-order valence-electron chi connectivity index (χ4n) is 1.97. The largest absolute Gasteiger partial charge is 0.421 e. The number of halogens is 1. The van der Waals surface area contributed by atoms with Crippen LogP contribution in [0.5, 0.6) is 0 Å². The van der Waals surface area contributed by atoms with E-state index in [0.717, 1.165) is 9.86 Å². The van der Waals surface area contributed by atoms with Gasteiger partial charge in [-0.2, -0.15) is 0 Å². The Balaban J connectivity index is 1.99. The van der Waals surface area contributed by atoms with Crippen molar-refractivity contribution >= 4 is 38.5 Å². The lowest BCUT2D eigenvalue weighted by Gasteiger charge is -2.05. The van der Waals surface area contributed by atoms with E-state index in [9.17, 15) is 9.59 Å². The van der Waals surface area contributed by atoms with Gasteiger partial charge < -0.3 is 9.73 Å². The third-order valence-electron chi connectivity index (χ3n) is 2.98. The van der Waals surface area contributed by atoms with Crippen molar-refractivity contribution in [2.24, 2.45) is 0 Å². The number of fused-ring (bicyclic) bond motifs is 1. The lowest BCUT2D eigenvalue weighted by Crippen LogP contribution is -2.17. The van der Waals surface area contributed by atoms with Gasteiger partial charge in [-0.05, 0) is 36.4 Å². The van der Waals surface area contributed by atoms with Gasteiger partial charge in [0.1, 0.15) is 11.3 Å². The molecule has 0 radical (unpaired) electrons. The molecule has 1 amide bonds. The van der Waals surface area contributed by atoms with Crippen LogP contribution in [-0.2, 0) is 0 Å². The minimum atomic E-state index is -0.575. The molecule has 0 aliphatic rings. The van der Waals surface area contributed by atoms with Gasteiger partial charge in [-0.15, -0.1) is 0 Å². The normalized spacial score (nSPS) is 10.5. The number of anilines is 1. The van der Waals surface area contributed by atoms with E-state index in [1.807, 2.05) is 12.1 Å². The Labute approximate surface area is 128 Å². The second-order valence-electron chi connectivity index (χ2n) is 4.45. The molecule has 4 nitrogen and oxygen atoms in total. The van der Waals surface area contributed by atoms with E-state index in [1.165, 1.54) is 0 Å². The summed E-state index contributed by atoms with van der Waals surface area (Å²) in [6.45, 7) is 0. The van der Waals surface area contributed by atoms with Crippen molar-refractivity contribution in [3.8, 4) is 0 Å². The second kappa shape index (κ2) is 5.54. The SMILES string of the molecule is O=C(Nc1cc2cc(Br)ccc2oc1=O)c1ccccc1. The zero-order valence-electron chi connectivity index (χ0n) is 10.8. The number of rotatable bonds is 2. The summed E-state index contributed by atoms with van der Waals surface area (Å²) >= 11 is 3.36. The maximum atomic E-state index is 12.1. The molecule has 5 heteroatoms. The highest BCUT2D eigenvalue weighted by atomic mass is 79.9. The van der Waals surface area contributed by atoms with Crippen molar-refractivity contribution in [2.45, 2.75) is 0 Å². The molecule has 3 rings (SSSR count). The third kappa shape index (κ3) is 2.87. The first kappa shape index (κ1) is 13.6. The zero-order chi connectivity index (χ0) is 14.8. The van der Waals surface area contributed by atoms with Crippen LogP contribution in [0.2, 0.25) is 0 Å². The maximum absolute atomic E-state index is 12.1. The van der Waals surface area contributed by atoms with Crippen LogP contribution in [0, 0.1) is 0 Å². The fraction of sp³-hybridized carbons (Fsp3) is 0. The fourth-order valence-corrected chi connectivity index (χ4v) is 2.34. The first-order chi connectivity index (χ1) is 10.1. The van der Waals surface area contributed by atoms with Gasteiger partial charge in [-0.25, -0.2) is 4.79 Å². The van der Waals surface area contributed by atoms with Crippen LogP contribution < -0.4 is 10.9 Å². The molecule has 0 unspecified atom stereocenters. The molecule has 0 aliphatic heterocycles. The number of hydrogen-bond donors (Lipinski definition) is 1. The Morgan fingerprint density at radius 3 is 2.57 bits per heavy atom. The van der Waals surface area contributed by atoms with Gasteiger partial charge in [-0.1, -0.05) is 34.1 Å². The third-order valence-corrected chi connectivity index (χ3v) is 3.47. The summed E-state index contributed by atoms with van der Waals surface area (Å²) in [5.41, 5.74) is 0.496. The molecule has 1 heterocycles. The van der Waals surface area contributed by atoms with E-state index in [0.29, 0.717) is 11.1 Å². The van der Waals surface area contributed by atoms with Gasteiger partial charge in [0.2, 0.25) is 0 Å². The lowest BCUT2D eigenvalue weighted by molar-refractivity contribution is 0.102. The van der Waals surface area contributed by atoms with Crippen molar-refractivity contribution < 1.29 is 9.21 Å². The molecule has 1 N–H and O–H groups in total. The summed E-state index contributed by atoms with van der Waals surface area (Å²) in [6.07, 6.45) is 0. The molecule has 0 aliphatic carbocycles. The number of carbonyl (C=O) groups is 1. The molecule has 1 aromatic heterocycles. The molecule has 21 heavy (non-hydrogen) atoms. The van der Waals surface area contributed by atoms with Crippen LogP contribution in [0.15, 0.2) is 68.3 Å². The smallest absolute Gasteiger partial charge is 0.360 e. The van der Waals surface area contributed by atoms with Gasteiger partial charge in [-0.3, -0.25) is 4.79 Å². The van der Waals surface area contributed by atoms with Gasteiger partial charge in [0.05, 0.1) is 0 Å². The van der Waals surface area contributed by atoms with E-state index in [2.05, 4.69) is 21.2 Å². The highest BCUT2D eigenvalue weighted by Gasteiger charge is 2.10. The van der Waals surface area contributed by atoms with Crippen molar-refractivity contribution in [3.63, 3.8) is 0 Å². The predicted octanol–water partition coefficient (Wildman–Crippen LogP) is 3.81. The Morgan fingerprint density at radius 1 is 1.05 bits per heavy atom. The predicted molar refractivity (Wildman–Crippen MR) is 84.6 cm³/mol. The van der Waals surface area contributed by atoms with Gasteiger partial charge in [0, 0.05) is 15.4 Å². The van der Waals surface area contributed by atoms with Crippen molar-refractivity contribution in [1.29, 1.82) is 0 Å². The summed E-state index contributed by atoms with van der Waals surface area (Å²) in [5, 5.41) is 3.31. The summed E-state index contributed by atoms with van der Waals surface area (Å²) in [6, 6.07) is 15.6. The molecule has 0 saturated carbocycles. The Bertz CT molecular complexity index is 872. The minimum absolute atomic E-state index is 0.120. The molecule has 0 spiro atoms. The summed E-state index contributed by atoms with van der Waals surface area (Å²) in [7, 11) is 0. The molecule has 0 saturated heterocycles. The Hall–Kier alpha value is -2.40. The van der Waals surface area contributed by atoms with Crippen LogP contribution in [0.1, 0.15) is 10.4 Å². The molecule has 3 aromatic rings. The first-order valence-corrected chi connectivity index (χ1v) is 7.02. The van der Waals surface area contributed by atoms with E-state index in [1.54, 1.807) is 42.5 Å². The van der Waals surface area contributed by atoms with Crippen LogP contribution in [0.25, 0.3) is 11.0 Å². The average Bonchev–Trinajstić information content (AvgIpc) is 2.49. The summed E-state index contributed by atoms with van der Waals surface area (Å²) in [5.74, 6) is -0.350. The van der Waals surface area contributed by atoms with E-state index < -0.39 is 5.63 Å². The number of hydrogen-bond acceptors (Lipinski definition) is 3. The first-order valence-electron chi connectivity index (χ1n) is 6.23. The van der Waals surface area contributed by atoms with Crippen molar-refractivity contribution in [3.05, 3.63) is 75.1 Å². The van der Waals surface area contributed by atoms with Gasteiger partial charge in [0.25, 0.3) is 5.91 Å². The van der Waals surface area contributed by atoms with E-state index >= 15 is 0 Å². The monoisotopic (exact) mass is 343 g/mol. The maximum Gasteiger partial charge on any atom is 0.360 e. The highest BCUT2D eigenvalue weighted by molar-refractivity contribution is 9.10. The quantitative estimate of drug-likeness (QED) is 0.719. The zero-order valence-corrected chi connectivity index (χ0v) is 12.4. The second-order valence-corrected chi connectivity index (χ2v) is 5.37. The number of amides is 1. The lowest BCUT2D eigenvalue weighted by atomic mass is 10.2. The topological polar surface area (TPSA) is 59.3 Å². The standard InChI is InChI=1S/C16H10BrNO3/c17-12-6-7-14-11(8-12)9-13(16(20)21-14)18-15(19)10-4-2-1-3-5-10/h1-9H,(H,18,19). The molecule has 0 bridgehead atoms. The van der Waals surface area contributed by atoms with Gasteiger partial charge >= 0.3 is 5.63 Å². The van der Waals surface area contributed by atoms with Crippen LogP contribution in [0.3, 0.4) is 0 Å². The molecule has 0 fully saturated rings. The number of nitrogens with one attached hydrogen (secondary N) is 1. The van der Waals surface area contributed by atoms with Crippen LogP contribution in [-0.4, -0.2) is 5.91 Å². The summed E-state index contributed by atoms with van der Waals surface area (Å²) < 4.78 is 6.06. The van der Waals surface area contributed by atoms with Crippen LogP contribution in [0.4, 0.5) is 5.69 Å². The molecule has 104 valence electrons. The van der Waals surface area contributed by atoms with Crippen molar-refractivity contribution in [2.75, 3.05) is 5.32 Å². The number of carbonyl (C=O) groups excluding carboxylic acids is 1. The Kier molecular flexibility index (Phi) is 3.58. The highest BCUT2D eigenvalue weighted by Crippen LogP contribution is 2.20. The Morgan fingerprint density at radius 2 is 1.81 bits per heavy atom. The number of benzene rings is 2. The average molecular weight is 344 g/mol. The molecule has 0 atom stereocenters. The molecular formula is C16H10BrNO3. The molecule has 2 aromatic carbocycles. The summed E-state index contributed by atoms with van der Waals surface area (Å²) in [4.78, 5) is 24.0. The minimum Gasteiger partial charge on any atom is -0.421 e. The van der Waals surface area contributed by atoms with Crippen LogP contribution >= 0.6 is 15.9 Å². The molecular weight excluding hydrogens is 334 g/mol. The van der Waals surface area contributed by atoms with E-state index in [-0.39, 0.29) is 11.6 Å². The van der Waals surface area contributed by atoms with E-state index in [4.69, 9.17) is 4.42 Å². The van der Waals surface area contributed by atoms with Gasteiger partial charge in [0.15, 0.2) is 0 Å². The van der Waals surface area contributed by atoms with Crippen molar-refractivity contribution in [1.82, 2.24) is 0 Å².